The summed E-state index contributed by atoms with van der Waals surface area (Å²) in [6, 6.07) is 8.06. The summed E-state index contributed by atoms with van der Waals surface area (Å²) in [7, 11) is 0. The summed E-state index contributed by atoms with van der Waals surface area (Å²) in [6.45, 7) is 2.48. The molecular weight excluding hydrogens is 467 g/mol. The number of halogens is 4. The van der Waals surface area contributed by atoms with Gasteiger partial charge in [-0.15, -0.1) is 0 Å². The summed E-state index contributed by atoms with van der Waals surface area (Å²) in [6.07, 6.45) is -0.761. The van der Waals surface area contributed by atoms with Gasteiger partial charge in [0.1, 0.15) is 35.8 Å². The van der Waals surface area contributed by atoms with Gasteiger partial charge < -0.3 is 14.6 Å². The predicted molar refractivity (Wildman–Crippen MR) is 116 cm³/mol. The zero-order chi connectivity index (χ0) is 23.1. The molecule has 0 saturated carbocycles. The van der Waals surface area contributed by atoms with Crippen molar-refractivity contribution in [3.8, 4) is 11.5 Å². The third kappa shape index (κ3) is 7.46. The minimum absolute atomic E-state index is 0.00768. The molecule has 7 nitrogen and oxygen atoms in total. The van der Waals surface area contributed by atoms with Crippen molar-refractivity contribution >= 4 is 29.1 Å². The van der Waals surface area contributed by atoms with Gasteiger partial charge in [0.25, 0.3) is 5.91 Å². The van der Waals surface area contributed by atoms with Crippen molar-refractivity contribution in [2.45, 2.75) is 6.10 Å². The number of rotatable bonds is 9. The number of carbonyl (C=O) groups is 1. The third-order valence-electron chi connectivity index (χ3n) is 4.72. The zero-order valence-corrected chi connectivity index (χ0v) is 18.6. The van der Waals surface area contributed by atoms with Gasteiger partial charge in [0.2, 0.25) is 0 Å². The molecule has 1 heterocycles. The third-order valence-corrected chi connectivity index (χ3v) is 5.33. The van der Waals surface area contributed by atoms with Crippen LogP contribution in [0.4, 0.5) is 8.78 Å². The smallest absolute Gasteiger partial charge is 0.272 e. The summed E-state index contributed by atoms with van der Waals surface area (Å²) in [5.74, 6) is -1.06. The second kappa shape index (κ2) is 11.6. The van der Waals surface area contributed by atoms with Crippen LogP contribution in [0.1, 0.15) is 0 Å². The van der Waals surface area contributed by atoms with E-state index in [9.17, 15) is 18.7 Å². The van der Waals surface area contributed by atoms with E-state index < -0.39 is 17.7 Å². The molecule has 1 aliphatic heterocycles. The molecule has 174 valence electrons. The Bertz CT molecular complexity index is 930. The Morgan fingerprint density at radius 2 is 1.56 bits per heavy atom. The van der Waals surface area contributed by atoms with E-state index in [1.807, 2.05) is 4.90 Å². The summed E-state index contributed by atoms with van der Waals surface area (Å²) in [5.41, 5.74) is 2.73. The summed E-state index contributed by atoms with van der Waals surface area (Å²) >= 11 is 11.2. The van der Waals surface area contributed by atoms with Gasteiger partial charge in [0.05, 0.1) is 10.0 Å². The Balaban J connectivity index is 1.33. The first-order valence-electron chi connectivity index (χ1n) is 9.90. The molecule has 1 amide bonds. The molecule has 0 spiro atoms. The quantitative estimate of drug-likeness (QED) is 0.564. The lowest BCUT2D eigenvalue weighted by molar-refractivity contribution is -0.129. The molecule has 11 heteroatoms. The molecule has 3 rings (SSSR count). The largest absolute Gasteiger partial charge is 0.491 e. The van der Waals surface area contributed by atoms with Crippen LogP contribution in [0.5, 0.6) is 11.5 Å². The molecule has 0 aliphatic carbocycles. The number of amides is 1. The minimum Gasteiger partial charge on any atom is -0.491 e. The van der Waals surface area contributed by atoms with Gasteiger partial charge in [-0.3, -0.25) is 15.1 Å². The Kier molecular flexibility index (Phi) is 8.89. The summed E-state index contributed by atoms with van der Waals surface area (Å²) < 4.78 is 37.5. The highest BCUT2D eigenvalue weighted by Crippen LogP contribution is 2.21. The fourth-order valence-corrected chi connectivity index (χ4v) is 3.31. The molecule has 1 fully saturated rings. The standard InChI is InChI=1S/C21H23Cl2F2N3O4/c22-17-3-1-15(9-19(17)24)31-12-14(29)11-27-5-7-28(8-6-27)26-21(30)13-32-16-2-4-18(23)20(25)10-16/h1-4,9-10,14,29H,5-8,11-13H2,(H,26,30)/t14-/m1/s1. The van der Waals surface area contributed by atoms with Crippen molar-refractivity contribution < 1.29 is 28.2 Å². The fourth-order valence-electron chi connectivity index (χ4n) is 3.08. The second-order valence-corrected chi connectivity index (χ2v) is 8.04. The molecule has 0 radical (unpaired) electrons. The number of aliphatic hydroxyl groups is 1. The lowest BCUT2D eigenvalue weighted by Gasteiger charge is -2.35. The van der Waals surface area contributed by atoms with E-state index in [2.05, 4.69) is 5.43 Å². The van der Waals surface area contributed by atoms with E-state index in [0.29, 0.717) is 38.5 Å². The van der Waals surface area contributed by atoms with E-state index in [1.54, 1.807) is 5.01 Å². The Labute approximate surface area is 194 Å². The van der Waals surface area contributed by atoms with Crippen molar-refractivity contribution in [3.63, 3.8) is 0 Å². The van der Waals surface area contributed by atoms with Crippen molar-refractivity contribution in [3.05, 3.63) is 58.1 Å². The Morgan fingerprint density at radius 3 is 2.12 bits per heavy atom. The van der Waals surface area contributed by atoms with Crippen molar-refractivity contribution in [1.29, 1.82) is 0 Å². The second-order valence-electron chi connectivity index (χ2n) is 7.23. The zero-order valence-electron chi connectivity index (χ0n) is 17.1. The van der Waals surface area contributed by atoms with Crippen LogP contribution in [0, 0.1) is 11.6 Å². The molecule has 2 N–H and O–H groups in total. The minimum atomic E-state index is -0.761. The van der Waals surface area contributed by atoms with Gasteiger partial charge in [-0.25, -0.2) is 13.8 Å². The van der Waals surface area contributed by atoms with E-state index in [4.69, 9.17) is 32.7 Å². The van der Waals surface area contributed by atoms with Gasteiger partial charge in [0.15, 0.2) is 6.61 Å². The van der Waals surface area contributed by atoms with E-state index in [1.165, 1.54) is 30.3 Å². The first-order valence-corrected chi connectivity index (χ1v) is 10.7. The lowest BCUT2D eigenvalue weighted by atomic mass is 10.3. The predicted octanol–water partition coefficient (Wildman–Crippen LogP) is 2.74. The highest BCUT2D eigenvalue weighted by molar-refractivity contribution is 6.31. The first kappa shape index (κ1) is 24.5. The first-order chi connectivity index (χ1) is 15.3. The number of hydrazine groups is 1. The maximum absolute atomic E-state index is 13.4. The number of benzene rings is 2. The van der Waals surface area contributed by atoms with Gasteiger partial charge in [-0.1, -0.05) is 23.2 Å². The van der Waals surface area contributed by atoms with Crippen LogP contribution in [0.2, 0.25) is 10.0 Å². The van der Waals surface area contributed by atoms with Gasteiger partial charge in [0, 0.05) is 44.9 Å². The van der Waals surface area contributed by atoms with Gasteiger partial charge in [-0.05, 0) is 24.3 Å². The fraction of sp³-hybridized carbons (Fsp3) is 0.381. The monoisotopic (exact) mass is 489 g/mol. The number of ether oxygens (including phenoxy) is 2. The number of hydrogen-bond acceptors (Lipinski definition) is 6. The summed E-state index contributed by atoms with van der Waals surface area (Å²) in [5, 5.41) is 11.9. The van der Waals surface area contributed by atoms with Crippen LogP contribution in [-0.2, 0) is 4.79 Å². The number of carbonyl (C=O) groups excluding carboxylic acids is 1. The van der Waals surface area contributed by atoms with Crippen LogP contribution in [0.15, 0.2) is 36.4 Å². The van der Waals surface area contributed by atoms with Crippen LogP contribution in [-0.4, -0.2) is 73.0 Å². The molecule has 1 saturated heterocycles. The normalized spacial score (nSPS) is 15.9. The number of nitrogens with one attached hydrogen (secondary N) is 1. The molecule has 0 aromatic heterocycles. The average molecular weight is 490 g/mol. The maximum atomic E-state index is 13.4. The number of nitrogens with zero attached hydrogens (tertiary/aromatic N) is 2. The summed E-state index contributed by atoms with van der Waals surface area (Å²) in [4.78, 5) is 14.1. The molecule has 1 aliphatic rings. The Hall–Kier alpha value is -2.17. The highest BCUT2D eigenvalue weighted by atomic mass is 35.5. The number of hydrogen-bond donors (Lipinski definition) is 2. The molecule has 2 aromatic carbocycles. The molecule has 1 atom stereocenters. The molecule has 2 aromatic rings. The Morgan fingerprint density at radius 1 is 1.00 bits per heavy atom. The van der Waals surface area contributed by atoms with Crippen LogP contribution < -0.4 is 14.9 Å². The number of aliphatic hydroxyl groups excluding tert-OH is 1. The van der Waals surface area contributed by atoms with Gasteiger partial charge >= 0.3 is 0 Å². The van der Waals surface area contributed by atoms with Crippen LogP contribution in [0.3, 0.4) is 0 Å². The topological polar surface area (TPSA) is 74.3 Å². The van der Waals surface area contributed by atoms with Crippen LogP contribution >= 0.6 is 23.2 Å². The van der Waals surface area contributed by atoms with Crippen molar-refractivity contribution in [2.24, 2.45) is 0 Å². The van der Waals surface area contributed by atoms with Crippen molar-refractivity contribution in [1.82, 2.24) is 15.3 Å². The van der Waals surface area contributed by atoms with E-state index in [-0.39, 0.29) is 34.9 Å². The van der Waals surface area contributed by atoms with E-state index in [0.717, 1.165) is 6.07 Å². The molecular formula is C21H23Cl2F2N3O4. The maximum Gasteiger partial charge on any atom is 0.272 e. The number of piperazine rings is 1. The molecule has 0 bridgehead atoms. The SMILES string of the molecule is O=C(COc1ccc(Cl)c(F)c1)NN1CCN(C[C@@H](O)COc2ccc(Cl)c(F)c2)CC1. The average Bonchev–Trinajstić information content (AvgIpc) is 2.77. The van der Waals surface area contributed by atoms with Crippen LogP contribution in [0.25, 0.3) is 0 Å². The van der Waals surface area contributed by atoms with E-state index >= 15 is 0 Å². The lowest BCUT2D eigenvalue weighted by Crippen LogP contribution is -2.55. The van der Waals surface area contributed by atoms with Gasteiger partial charge in [-0.2, -0.15) is 0 Å². The molecule has 32 heavy (non-hydrogen) atoms. The molecule has 0 unspecified atom stereocenters. The van der Waals surface area contributed by atoms with Crippen molar-refractivity contribution in [2.75, 3.05) is 45.9 Å². The highest BCUT2D eigenvalue weighted by Gasteiger charge is 2.21. The number of β-amino-alcohol motifs (C(OH)–C–C–N with tert-alkyl or cyclic N) is 1.